The molecule has 0 atom stereocenters. The van der Waals surface area contributed by atoms with Gasteiger partial charge in [0.25, 0.3) is 0 Å². The van der Waals surface area contributed by atoms with E-state index in [0.717, 1.165) is 44.9 Å². The average molecular weight is 388 g/mol. The quantitative estimate of drug-likeness (QED) is 0.310. The lowest BCUT2D eigenvalue weighted by molar-refractivity contribution is -0.174. The molecule has 0 saturated carbocycles. The molecule has 0 radical (unpaired) electrons. The molecule has 6 heteroatoms. The Morgan fingerprint density at radius 2 is 1.19 bits per heavy atom. The molecule has 0 bridgehead atoms. The molecule has 0 amide bonds. The van der Waals surface area contributed by atoms with E-state index in [1.807, 2.05) is 0 Å². The first-order valence-corrected chi connectivity index (χ1v) is 9.76. The molecule has 0 N–H and O–H groups in total. The number of carbonyl (C=O) groups excluding carboxylic acids is 2. The lowest BCUT2D eigenvalue weighted by Gasteiger charge is -2.18. The molecule has 0 aliphatic heterocycles. The van der Waals surface area contributed by atoms with E-state index in [2.05, 4.69) is 4.74 Å². The number of hydrogen-bond acceptors (Lipinski definition) is 3. The number of ketones is 2. The van der Waals surface area contributed by atoms with Crippen LogP contribution in [0.4, 0.5) is 13.2 Å². The van der Waals surface area contributed by atoms with Crippen LogP contribution in [0.1, 0.15) is 78.6 Å². The summed E-state index contributed by atoms with van der Waals surface area (Å²) in [5, 5.41) is 0. The second-order valence-electron chi connectivity index (χ2n) is 7.26. The third-order valence-corrected chi connectivity index (χ3v) is 5.04. The van der Waals surface area contributed by atoms with Crippen molar-refractivity contribution in [2.45, 2.75) is 84.7 Å². The summed E-state index contributed by atoms with van der Waals surface area (Å²) in [4.78, 5) is 24.4. The maximum atomic E-state index is 12.3. The number of rotatable bonds is 12. The van der Waals surface area contributed by atoms with Gasteiger partial charge in [0.2, 0.25) is 0 Å². The number of allylic oxidation sites excluding steroid dienone is 4. The van der Waals surface area contributed by atoms with E-state index in [1.165, 1.54) is 0 Å². The highest BCUT2D eigenvalue weighted by Gasteiger charge is 2.27. The Morgan fingerprint density at radius 3 is 1.74 bits per heavy atom. The molecule has 0 heterocycles. The third kappa shape index (κ3) is 8.41. The summed E-state index contributed by atoms with van der Waals surface area (Å²) < 4.78 is 40.2. The molecular weight excluding hydrogens is 357 g/mol. The molecule has 1 rings (SSSR count). The largest absolute Gasteiger partial charge is 0.411 e. The number of ether oxygens (including phenoxy) is 1. The number of Topliss-reactive ketones (excluding diaryl/α,β-unsaturated/α-hetero) is 2. The zero-order valence-corrected chi connectivity index (χ0v) is 16.6. The van der Waals surface area contributed by atoms with E-state index in [-0.39, 0.29) is 18.2 Å². The monoisotopic (exact) mass is 388 g/mol. The number of alkyl halides is 3. The van der Waals surface area contributed by atoms with Crippen LogP contribution in [0.3, 0.4) is 0 Å². The molecule has 154 valence electrons. The van der Waals surface area contributed by atoms with Crippen LogP contribution in [0.25, 0.3) is 0 Å². The normalized spacial score (nSPS) is 15.9. The molecule has 3 nitrogen and oxygen atoms in total. The van der Waals surface area contributed by atoms with Gasteiger partial charge in [0.15, 0.2) is 11.6 Å². The Bertz CT molecular complexity index is 586. The minimum atomic E-state index is -4.24. The van der Waals surface area contributed by atoms with Gasteiger partial charge in [-0.1, -0.05) is 38.5 Å². The molecule has 0 saturated heterocycles. The van der Waals surface area contributed by atoms with Gasteiger partial charge in [0, 0.05) is 28.9 Å². The van der Waals surface area contributed by atoms with Crippen molar-refractivity contribution >= 4 is 11.6 Å². The first-order chi connectivity index (χ1) is 12.6. The highest BCUT2D eigenvalue weighted by atomic mass is 19.4. The summed E-state index contributed by atoms with van der Waals surface area (Å²) >= 11 is 0. The van der Waals surface area contributed by atoms with Gasteiger partial charge < -0.3 is 4.74 Å². The Kier molecular flexibility index (Phi) is 9.99. The predicted molar refractivity (Wildman–Crippen MR) is 99.5 cm³/mol. The van der Waals surface area contributed by atoms with E-state index in [9.17, 15) is 22.8 Å². The molecular formula is C21H31F3O3. The lowest BCUT2D eigenvalue weighted by atomic mass is 9.84. The van der Waals surface area contributed by atoms with Crippen LogP contribution < -0.4 is 0 Å². The summed E-state index contributed by atoms with van der Waals surface area (Å²) in [7, 11) is 0. The average Bonchev–Trinajstić information content (AvgIpc) is 2.60. The molecule has 0 aromatic heterocycles. The molecule has 0 aromatic carbocycles. The highest BCUT2D eigenvalue weighted by Crippen LogP contribution is 2.27. The minimum Gasteiger partial charge on any atom is -0.372 e. The fraction of sp³-hybridized carbons (Fsp3) is 0.714. The molecule has 1 aliphatic rings. The molecule has 0 unspecified atom stereocenters. The number of unbranched alkanes of at least 4 members (excludes halogenated alkanes) is 7. The van der Waals surface area contributed by atoms with Crippen LogP contribution in [0.2, 0.25) is 0 Å². The number of hydrogen-bond donors (Lipinski definition) is 0. The van der Waals surface area contributed by atoms with E-state index in [0.29, 0.717) is 35.1 Å². The van der Waals surface area contributed by atoms with Gasteiger partial charge in [-0.05, 0) is 40.0 Å². The van der Waals surface area contributed by atoms with Crippen LogP contribution in [0.5, 0.6) is 0 Å². The SMILES string of the molecule is CC1=C(C)C(=O)C(CCCCCCCCCCOCC(F)(F)F)=C(C)C1=O. The highest BCUT2D eigenvalue weighted by molar-refractivity contribution is 6.24. The van der Waals surface area contributed by atoms with Gasteiger partial charge in [-0.2, -0.15) is 13.2 Å². The molecule has 1 aliphatic carbocycles. The first kappa shape index (κ1) is 23.6. The van der Waals surface area contributed by atoms with Crippen LogP contribution in [0, 0.1) is 0 Å². The van der Waals surface area contributed by atoms with Gasteiger partial charge in [0.1, 0.15) is 6.61 Å². The van der Waals surface area contributed by atoms with Crippen LogP contribution in [0.15, 0.2) is 22.3 Å². The Labute approximate surface area is 160 Å². The first-order valence-electron chi connectivity index (χ1n) is 9.76. The van der Waals surface area contributed by atoms with Crippen molar-refractivity contribution in [3.63, 3.8) is 0 Å². The van der Waals surface area contributed by atoms with Crippen molar-refractivity contribution in [2.24, 2.45) is 0 Å². The molecule has 0 fully saturated rings. The van der Waals surface area contributed by atoms with Crippen molar-refractivity contribution in [3.05, 3.63) is 22.3 Å². The van der Waals surface area contributed by atoms with E-state index >= 15 is 0 Å². The number of carbonyl (C=O) groups is 2. The minimum absolute atomic E-state index is 0.0114. The summed E-state index contributed by atoms with van der Waals surface area (Å²) in [6.07, 6.45) is 4.04. The van der Waals surface area contributed by atoms with Crippen molar-refractivity contribution in [1.29, 1.82) is 0 Å². The van der Waals surface area contributed by atoms with Gasteiger partial charge >= 0.3 is 6.18 Å². The second-order valence-corrected chi connectivity index (χ2v) is 7.26. The predicted octanol–water partition coefficient (Wildman–Crippen LogP) is 5.88. The zero-order valence-electron chi connectivity index (χ0n) is 16.6. The van der Waals surface area contributed by atoms with Crippen LogP contribution >= 0.6 is 0 Å². The van der Waals surface area contributed by atoms with Gasteiger partial charge in [-0.15, -0.1) is 0 Å². The lowest BCUT2D eigenvalue weighted by Crippen LogP contribution is -2.20. The second kappa shape index (κ2) is 11.4. The van der Waals surface area contributed by atoms with E-state index in [4.69, 9.17) is 0 Å². The van der Waals surface area contributed by atoms with Gasteiger partial charge in [0.05, 0.1) is 0 Å². The van der Waals surface area contributed by atoms with E-state index in [1.54, 1.807) is 20.8 Å². The summed E-state index contributed by atoms with van der Waals surface area (Å²) in [6, 6.07) is 0. The fourth-order valence-corrected chi connectivity index (χ4v) is 3.21. The molecule has 0 spiro atoms. The standard InChI is InChI=1S/C21H31F3O3/c1-15-16(2)20(26)18(17(3)19(15)25)12-10-8-6-4-5-7-9-11-13-27-14-21(22,23)24/h4-14H2,1-3H3. The van der Waals surface area contributed by atoms with Crippen molar-refractivity contribution in [1.82, 2.24) is 0 Å². The Balaban J connectivity index is 2.07. The van der Waals surface area contributed by atoms with Crippen molar-refractivity contribution in [3.8, 4) is 0 Å². The van der Waals surface area contributed by atoms with Gasteiger partial charge in [-0.3, -0.25) is 9.59 Å². The molecule has 27 heavy (non-hydrogen) atoms. The third-order valence-electron chi connectivity index (χ3n) is 5.04. The molecule has 0 aromatic rings. The van der Waals surface area contributed by atoms with Gasteiger partial charge in [-0.25, -0.2) is 0 Å². The van der Waals surface area contributed by atoms with Crippen molar-refractivity contribution in [2.75, 3.05) is 13.2 Å². The Morgan fingerprint density at radius 1 is 0.704 bits per heavy atom. The zero-order chi connectivity index (χ0) is 20.4. The van der Waals surface area contributed by atoms with Crippen LogP contribution in [-0.2, 0) is 14.3 Å². The van der Waals surface area contributed by atoms with E-state index < -0.39 is 12.8 Å². The van der Waals surface area contributed by atoms with Crippen LogP contribution in [-0.4, -0.2) is 31.0 Å². The Hall–Kier alpha value is -1.43. The maximum absolute atomic E-state index is 12.3. The summed E-state index contributed by atoms with van der Waals surface area (Å²) in [5.74, 6) is -0.00125. The topological polar surface area (TPSA) is 43.4 Å². The summed E-state index contributed by atoms with van der Waals surface area (Å²) in [5.41, 5.74) is 2.39. The maximum Gasteiger partial charge on any atom is 0.411 e. The fourth-order valence-electron chi connectivity index (χ4n) is 3.21. The smallest absolute Gasteiger partial charge is 0.372 e. The van der Waals surface area contributed by atoms with Crippen molar-refractivity contribution < 1.29 is 27.5 Å². The summed E-state index contributed by atoms with van der Waals surface area (Å²) in [6.45, 7) is 4.17. The number of halogens is 3.